The topological polar surface area (TPSA) is 67.4 Å². The second-order valence-corrected chi connectivity index (χ2v) is 5.25. The summed E-state index contributed by atoms with van der Waals surface area (Å²) in [7, 11) is 0. The highest BCUT2D eigenvalue weighted by atomic mass is 35.5. The maximum atomic E-state index is 11.7. The van der Waals surface area contributed by atoms with E-state index in [0.29, 0.717) is 33.9 Å². The predicted molar refractivity (Wildman–Crippen MR) is 84.2 cm³/mol. The van der Waals surface area contributed by atoms with Crippen LogP contribution in [0.1, 0.15) is 13.3 Å². The number of ether oxygens (including phenoxy) is 1. The molecule has 21 heavy (non-hydrogen) atoms. The van der Waals surface area contributed by atoms with E-state index < -0.39 is 0 Å². The maximum absolute atomic E-state index is 11.7. The van der Waals surface area contributed by atoms with Crippen LogP contribution in [-0.2, 0) is 14.3 Å². The fraction of sp³-hybridized carbons (Fsp3) is 0.385. The van der Waals surface area contributed by atoms with E-state index in [1.165, 1.54) is 12.1 Å². The maximum Gasteiger partial charge on any atom is 0.307 e. The Labute approximate surface area is 137 Å². The van der Waals surface area contributed by atoms with Gasteiger partial charge in [-0.2, -0.15) is 0 Å². The van der Waals surface area contributed by atoms with Gasteiger partial charge in [0.15, 0.2) is 0 Å². The quantitative estimate of drug-likeness (QED) is 0.449. The lowest BCUT2D eigenvalue weighted by molar-refractivity contribution is -0.143. The van der Waals surface area contributed by atoms with Crippen LogP contribution in [0.25, 0.3) is 0 Å². The SMILES string of the molecule is CCOC(=O)CCNCC(=O)Nc1cc(Cl)c(Cl)cc1Cl. The van der Waals surface area contributed by atoms with Gasteiger partial charge in [-0.15, -0.1) is 0 Å². The van der Waals surface area contributed by atoms with E-state index in [0.717, 1.165) is 0 Å². The third-order valence-corrected chi connectivity index (χ3v) is 3.42. The Morgan fingerprint density at radius 3 is 2.48 bits per heavy atom. The van der Waals surface area contributed by atoms with Crippen molar-refractivity contribution in [3.05, 3.63) is 27.2 Å². The van der Waals surface area contributed by atoms with Crippen molar-refractivity contribution in [1.29, 1.82) is 0 Å². The van der Waals surface area contributed by atoms with Gasteiger partial charge < -0.3 is 15.4 Å². The first-order chi connectivity index (χ1) is 9.93. The first-order valence-electron chi connectivity index (χ1n) is 6.24. The molecule has 0 radical (unpaired) electrons. The summed E-state index contributed by atoms with van der Waals surface area (Å²) >= 11 is 17.6. The number of carbonyl (C=O) groups excluding carboxylic acids is 2. The summed E-state index contributed by atoms with van der Waals surface area (Å²) in [6.07, 6.45) is 0.203. The first kappa shape index (κ1) is 18.0. The summed E-state index contributed by atoms with van der Waals surface area (Å²) in [5.41, 5.74) is 0.378. The van der Waals surface area contributed by atoms with Gasteiger partial charge in [-0.05, 0) is 19.1 Å². The fourth-order valence-electron chi connectivity index (χ4n) is 1.44. The number of hydrogen-bond donors (Lipinski definition) is 2. The largest absolute Gasteiger partial charge is 0.466 e. The molecule has 0 bridgehead atoms. The molecule has 0 aliphatic heterocycles. The second-order valence-electron chi connectivity index (χ2n) is 4.03. The number of benzene rings is 1. The molecule has 1 amide bonds. The number of hydrogen-bond acceptors (Lipinski definition) is 4. The minimum absolute atomic E-state index is 0.0377. The summed E-state index contributed by atoms with van der Waals surface area (Å²) < 4.78 is 4.76. The van der Waals surface area contributed by atoms with Gasteiger partial charge in [0.2, 0.25) is 5.91 Å². The van der Waals surface area contributed by atoms with Gasteiger partial charge in [0, 0.05) is 6.54 Å². The number of amides is 1. The van der Waals surface area contributed by atoms with Crippen molar-refractivity contribution < 1.29 is 14.3 Å². The Bertz CT molecular complexity index is 524. The van der Waals surface area contributed by atoms with E-state index >= 15 is 0 Å². The molecule has 2 N–H and O–H groups in total. The van der Waals surface area contributed by atoms with Crippen LogP contribution < -0.4 is 10.6 Å². The molecule has 1 aromatic carbocycles. The predicted octanol–water partition coefficient (Wildman–Crippen LogP) is 3.13. The van der Waals surface area contributed by atoms with E-state index in [1.807, 2.05) is 0 Å². The van der Waals surface area contributed by atoms with Crippen LogP contribution >= 0.6 is 34.8 Å². The minimum Gasteiger partial charge on any atom is -0.466 e. The molecule has 0 unspecified atom stereocenters. The molecule has 0 fully saturated rings. The van der Waals surface area contributed by atoms with Crippen molar-refractivity contribution in [2.24, 2.45) is 0 Å². The normalized spacial score (nSPS) is 10.3. The minimum atomic E-state index is -0.307. The van der Waals surface area contributed by atoms with Crippen LogP contribution in [0, 0.1) is 0 Å². The number of halogens is 3. The van der Waals surface area contributed by atoms with Crippen molar-refractivity contribution in [2.75, 3.05) is 25.0 Å². The molecule has 0 aliphatic rings. The molecule has 116 valence electrons. The van der Waals surface area contributed by atoms with Crippen LogP contribution in [0.5, 0.6) is 0 Å². The van der Waals surface area contributed by atoms with E-state index in [9.17, 15) is 9.59 Å². The van der Waals surface area contributed by atoms with Crippen molar-refractivity contribution in [3.8, 4) is 0 Å². The molecule has 0 atom stereocenters. The molecular weight excluding hydrogens is 339 g/mol. The number of carbonyl (C=O) groups is 2. The molecule has 0 saturated heterocycles. The van der Waals surface area contributed by atoms with Gasteiger partial charge >= 0.3 is 5.97 Å². The first-order valence-corrected chi connectivity index (χ1v) is 7.38. The molecule has 0 heterocycles. The van der Waals surface area contributed by atoms with Crippen molar-refractivity contribution in [3.63, 3.8) is 0 Å². The smallest absolute Gasteiger partial charge is 0.307 e. The van der Waals surface area contributed by atoms with Gasteiger partial charge in [0.25, 0.3) is 0 Å². The van der Waals surface area contributed by atoms with Gasteiger partial charge in [0.05, 0.1) is 40.3 Å². The zero-order valence-electron chi connectivity index (χ0n) is 11.3. The zero-order chi connectivity index (χ0) is 15.8. The standard InChI is InChI=1S/C13H15Cl3N2O3/c1-2-21-13(20)3-4-17-7-12(19)18-11-6-9(15)8(14)5-10(11)16/h5-6,17H,2-4,7H2,1H3,(H,18,19). The number of esters is 1. The van der Waals surface area contributed by atoms with Crippen LogP contribution in [0.2, 0.25) is 15.1 Å². The van der Waals surface area contributed by atoms with Crippen LogP contribution in [0.3, 0.4) is 0 Å². The third-order valence-electron chi connectivity index (χ3n) is 2.38. The summed E-state index contributed by atoms with van der Waals surface area (Å²) in [6.45, 7) is 2.46. The van der Waals surface area contributed by atoms with E-state index in [2.05, 4.69) is 10.6 Å². The molecular formula is C13H15Cl3N2O3. The molecule has 5 nitrogen and oxygen atoms in total. The molecule has 0 spiro atoms. The molecule has 0 aliphatic carbocycles. The fourth-order valence-corrected chi connectivity index (χ4v) is 2.03. The Balaban J connectivity index is 2.37. The lowest BCUT2D eigenvalue weighted by Gasteiger charge is -2.09. The van der Waals surface area contributed by atoms with Crippen LogP contribution in [-0.4, -0.2) is 31.6 Å². The summed E-state index contributed by atoms with van der Waals surface area (Å²) in [5.74, 6) is -0.614. The highest BCUT2D eigenvalue weighted by Gasteiger charge is 2.09. The molecule has 0 saturated carbocycles. The monoisotopic (exact) mass is 352 g/mol. The van der Waals surface area contributed by atoms with Gasteiger partial charge in [0.1, 0.15) is 0 Å². The number of nitrogens with one attached hydrogen (secondary N) is 2. The van der Waals surface area contributed by atoms with E-state index in [1.54, 1.807) is 6.92 Å². The number of anilines is 1. The Hall–Kier alpha value is -1.01. The Morgan fingerprint density at radius 2 is 1.81 bits per heavy atom. The Kier molecular flexibility index (Phi) is 7.82. The van der Waals surface area contributed by atoms with E-state index in [4.69, 9.17) is 39.5 Å². The third kappa shape index (κ3) is 6.52. The van der Waals surface area contributed by atoms with Gasteiger partial charge in [-0.3, -0.25) is 9.59 Å². The summed E-state index contributed by atoms with van der Waals surface area (Å²) in [5, 5.41) is 6.33. The average molecular weight is 354 g/mol. The van der Waals surface area contributed by atoms with Crippen molar-refractivity contribution in [1.82, 2.24) is 5.32 Å². The highest BCUT2D eigenvalue weighted by molar-refractivity contribution is 6.44. The lowest BCUT2D eigenvalue weighted by Crippen LogP contribution is -2.30. The molecule has 1 aromatic rings. The molecule has 8 heteroatoms. The highest BCUT2D eigenvalue weighted by Crippen LogP contribution is 2.32. The zero-order valence-corrected chi connectivity index (χ0v) is 13.6. The summed E-state index contributed by atoms with van der Waals surface area (Å²) in [4.78, 5) is 22.8. The molecule has 1 rings (SSSR count). The molecule has 0 aromatic heterocycles. The van der Waals surface area contributed by atoms with E-state index in [-0.39, 0.29) is 24.8 Å². The van der Waals surface area contributed by atoms with Crippen LogP contribution in [0.4, 0.5) is 5.69 Å². The Morgan fingerprint density at radius 1 is 1.14 bits per heavy atom. The van der Waals surface area contributed by atoms with Gasteiger partial charge in [-0.25, -0.2) is 0 Å². The van der Waals surface area contributed by atoms with Gasteiger partial charge in [-0.1, -0.05) is 34.8 Å². The summed E-state index contributed by atoms with van der Waals surface area (Å²) in [6, 6.07) is 2.93. The number of rotatable bonds is 7. The second kappa shape index (κ2) is 9.10. The lowest BCUT2D eigenvalue weighted by atomic mass is 10.3. The van der Waals surface area contributed by atoms with Crippen molar-refractivity contribution in [2.45, 2.75) is 13.3 Å². The van der Waals surface area contributed by atoms with Crippen LogP contribution in [0.15, 0.2) is 12.1 Å². The average Bonchev–Trinajstić information content (AvgIpc) is 2.41. The van der Waals surface area contributed by atoms with Crippen molar-refractivity contribution >= 4 is 52.4 Å².